The van der Waals surface area contributed by atoms with Gasteiger partial charge < -0.3 is 15.5 Å². The van der Waals surface area contributed by atoms with Gasteiger partial charge in [0.25, 0.3) is 11.8 Å². The molecule has 1 saturated carbocycles. The first-order valence-electron chi connectivity index (χ1n) is 12.3. The van der Waals surface area contributed by atoms with Crippen LogP contribution in [0, 0.1) is 5.92 Å². The van der Waals surface area contributed by atoms with Crippen molar-refractivity contribution in [2.24, 2.45) is 5.92 Å². The largest absolute Gasteiger partial charge is 0.416 e. The molecule has 2 aromatic carbocycles. The Balaban J connectivity index is 1.36. The van der Waals surface area contributed by atoms with Crippen LogP contribution in [0.15, 0.2) is 54.6 Å². The second-order valence-electron chi connectivity index (χ2n) is 9.51. The van der Waals surface area contributed by atoms with Gasteiger partial charge in [-0.05, 0) is 62.1 Å². The van der Waals surface area contributed by atoms with Gasteiger partial charge in [-0.15, -0.1) is 0 Å². The van der Waals surface area contributed by atoms with Crippen molar-refractivity contribution in [2.75, 3.05) is 13.1 Å². The van der Waals surface area contributed by atoms with E-state index in [1.165, 1.54) is 17.0 Å². The van der Waals surface area contributed by atoms with Crippen LogP contribution in [-0.2, 0) is 11.0 Å². The zero-order valence-corrected chi connectivity index (χ0v) is 19.9. The second kappa shape index (κ2) is 11.1. The van der Waals surface area contributed by atoms with Gasteiger partial charge in [0.15, 0.2) is 0 Å². The molecule has 3 atom stereocenters. The monoisotopic (exact) mass is 501 g/mol. The number of nitrogens with one attached hydrogen (secondary N) is 2. The number of likely N-dealkylation sites (tertiary alicyclic amines) is 1. The highest BCUT2D eigenvalue weighted by Gasteiger charge is 2.34. The lowest BCUT2D eigenvalue weighted by Gasteiger charge is -2.36. The number of benzene rings is 2. The van der Waals surface area contributed by atoms with Crippen molar-refractivity contribution in [1.82, 2.24) is 15.5 Å². The Labute approximate surface area is 208 Å². The van der Waals surface area contributed by atoms with Crippen LogP contribution in [0.4, 0.5) is 13.2 Å². The van der Waals surface area contributed by atoms with Gasteiger partial charge in [-0.25, -0.2) is 0 Å². The fraction of sp³-hybridized carbons (Fsp3) is 0.444. The quantitative estimate of drug-likeness (QED) is 0.637. The molecule has 2 unspecified atom stereocenters. The summed E-state index contributed by atoms with van der Waals surface area (Å²) in [5, 5.41) is 6.16. The molecule has 192 valence electrons. The Bertz CT molecular complexity index is 1070. The fourth-order valence-electron chi connectivity index (χ4n) is 4.98. The lowest BCUT2D eigenvalue weighted by molar-refractivity contribution is -0.137. The molecule has 2 fully saturated rings. The van der Waals surface area contributed by atoms with E-state index < -0.39 is 17.7 Å². The Morgan fingerprint density at radius 1 is 0.778 bits per heavy atom. The average Bonchev–Trinajstić information content (AvgIpc) is 2.89. The Kier molecular flexibility index (Phi) is 7.96. The molecule has 4 rings (SSSR count). The maximum atomic E-state index is 13.1. The highest BCUT2D eigenvalue weighted by Crippen LogP contribution is 2.29. The molecule has 0 aromatic heterocycles. The van der Waals surface area contributed by atoms with Crippen LogP contribution in [0.3, 0.4) is 0 Å². The van der Waals surface area contributed by atoms with Gasteiger partial charge >= 0.3 is 6.18 Å². The zero-order valence-electron chi connectivity index (χ0n) is 19.9. The first kappa shape index (κ1) is 25.7. The maximum Gasteiger partial charge on any atom is 0.416 e. The third kappa shape index (κ3) is 6.25. The van der Waals surface area contributed by atoms with E-state index in [0.29, 0.717) is 24.9 Å². The van der Waals surface area contributed by atoms with Gasteiger partial charge in [-0.1, -0.05) is 31.0 Å². The highest BCUT2D eigenvalue weighted by atomic mass is 19.4. The van der Waals surface area contributed by atoms with Crippen LogP contribution >= 0.6 is 0 Å². The topological polar surface area (TPSA) is 78.5 Å². The number of hydrogen-bond donors (Lipinski definition) is 2. The van der Waals surface area contributed by atoms with E-state index in [1.807, 2.05) is 6.07 Å². The van der Waals surface area contributed by atoms with Crippen LogP contribution < -0.4 is 10.6 Å². The molecule has 2 N–H and O–H groups in total. The third-order valence-electron chi connectivity index (χ3n) is 6.98. The van der Waals surface area contributed by atoms with Crippen molar-refractivity contribution in [1.29, 1.82) is 0 Å². The van der Waals surface area contributed by atoms with Crippen LogP contribution in [0.1, 0.15) is 64.8 Å². The summed E-state index contributed by atoms with van der Waals surface area (Å²) in [6, 6.07) is 12.7. The van der Waals surface area contributed by atoms with E-state index in [2.05, 4.69) is 10.6 Å². The van der Waals surface area contributed by atoms with Gasteiger partial charge in [-0.2, -0.15) is 13.2 Å². The van der Waals surface area contributed by atoms with Crippen molar-refractivity contribution in [3.8, 4) is 0 Å². The predicted molar refractivity (Wildman–Crippen MR) is 128 cm³/mol. The molecule has 0 spiro atoms. The van der Waals surface area contributed by atoms with Crippen LogP contribution in [0.25, 0.3) is 0 Å². The smallest absolute Gasteiger partial charge is 0.351 e. The molecule has 9 heteroatoms. The standard InChI is InChI=1S/C27H30F3N3O3/c28-27(29,30)21-14-12-19(13-15-21)26(36)33-16-6-9-20(17-33)25(35)32-23-11-5-4-10-22(23)31-24(34)18-7-2-1-3-8-18/h1-3,7-8,12-15,20,22-23H,4-6,9-11,16-17H2,(H,31,34)(H,32,35)/t20?,22-,23?/m1/s1. The van der Waals surface area contributed by atoms with Crippen molar-refractivity contribution in [3.63, 3.8) is 0 Å². The minimum absolute atomic E-state index is 0.161. The maximum absolute atomic E-state index is 13.1. The molecule has 3 amide bonds. The lowest BCUT2D eigenvalue weighted by atomic mass is 9.88. The summed E-state index contributed by atoms with van der Waals surface area (Å²) in [5.74, 6) is -1.13. The van der Waals surface area contributed by atoms with Crippen LogP contribution in [0.2, 0.25) is 0 Å². The molecule has 0 bridgehead atoms. The molecule has 1 aliphatic heterocycles. The van der Waals surface area contributed by atoms with E-state index in [9.17, 15) is 27.6 Å². The summed E-state index contributed by atoms with van der Waals surface area (Å²) < 4.78 is 38.5. The lowest BCUT2D eigenvalue weighted by Crippen LogP contribution is -2.55. The number of amides is 3. The van der Waals surface area contributed by atoms with Gasteiger partial charge in [0.1, 0.15) is 0 Å². The molecular formula is C27H30F3N3O3. The van der Waals surface area contributed by atoms with E-state index in [4.69, 9.17) is 0 Å². The molecule has 2 aromatic rings. The SMILES string of the molecule is O=C(N[C@@H]1CCCCC1NC(=O)C1CCCN(C(=O)c2ccc(C(F)(F)F)cc2)C1)c1ccccc1. The summed E-state index contributed by atoms with van der Waals surface area (Å²) in [6.07, 6.45) is 0.225. The number of rotatable bonds is 5. The van der Waals surface area contributed by atoms with Gasteiger partial charge in [-0.3, -0.25) is 14.4 Å². The average molecular weight is 502 g/mol. The molecule has 6 nitrogen and oxygen atoms in total. The number of nitrogens with zero attached hydrogens (tertiary/aromatic N) is 1. The van der Waals surface area contributed by atoms with E-state index >= 15 is 0 Å². The summed E-state index contributed by atoms with van der Waals surface area (Å²) in [6.45, 7) is 0.655. The van der Waals surface area contributed by atoms with Gasteiger partial charge in [0, 0.05) is 36.3 Å². The fourth-order valence-corrected chi connectivity index (χ4v) is 4.98. The molecule has 1 aliphatic carbocycles. The summed E-state index contributed by atoms with van der Waals surface area (Å²) in [7, 11) is 0. The van der Waals surface area contributed by atoms with Crippen molar-refractivity contribution >= 4 is 17.7 Å². The molecular weight excluding hydrogens is 471 g/mol. The number of piperidine rings is 1. The Morgan fingerprint density at radius 2 is 1.42 bits per heavy atom. The van der Waals surface area contributed by atoms with Crippen molar-refractivity contribution in [2.45, 2.75) is 56.8 Å². The predicted octanol–water partition coefficient (Wildman–Crippen LogP) is 4.42. The summed E-state index contributed by atoms with van der Waals surface area (Å²) >= 11 is 0. The Morgan fingerprint density at radius 3 is 2.06 bits per heavy atom. The van der Waals surface area contributed by atoms with Crippen molar-refractivity contribution in [3.05, 3.63) is 71.3 Å². The number of hydrogen-bond acceptors (Lipinski definition) is 3. The minimum Gasteiger partial charge on any atom is -0.351 e. The van der Waals surface area contributed by atoms with Crippen LogP contribution in [0.5, 0.6) is 0 Å². The molecule has 2 aliphatic rings. The summed E-state index contributed by atoms with van der Waals surface area (Å²) in [5.41, 5.74) is -0.0748. The van der Waals surface area contributed by atoms with Gasteiger partial charge in [0.2, 0.25) is 5.91 Å². The number of alkyl halides is 3. The first-order valence-corrected chi connectivity index (χ1v) is 12.3. The normalized spacial score (nSPS) is 22.5. The van der Waals surface area contributed by atoms with Crippen molar-refractivity contribution < 1.29 is 27.6 Å². The molecule has 1 saturated heterocycles. The summed E-state index contributed by atoms with van der Waals surface area (Å²) in [4.78, 5) is 40.2. The first-order chi connectivity index (χ1) is 17.2. The number of carbonyl (C=O) groups is 3. The second-order valence-corrected chi connectivity index (χ2v) is 9.51. The molecule has 0 radical (unpaired) electrons. The van der Waals surface area contributed by atoms with Crippen LogP contribution in [-0.4, -0.2) is 47.8 Å². The zero-order chi connectivity index (χ0) is 25.7. The number of halogens is 3. The molecule has 36 heavy (non-hydrogen) atoms. The minimum atomic E-state index is -4.46. The van der Waals surface area contributed by atoms with E-state index in [0.717, 1.165) is 37.8 Å². The third-order valence-corrected chi connectivity index (χ3v) is 6.98. The number of carbonyl (C=O) groups excluding carboxylic acids is 3. The van der Waals surface area contributed by atoms with E-state index in [-0.39, 0.29) is 41.9 Å². The van der Waals surface area contributed by atoms with Gasteiger partial charge in [0.05, 0.1) is 11.5 Å². The Hall–Kier alpha value is -3.36. The van der Waals surface area contributed by atoms with E-state index in [1.54, 1.807) is 24.3 Å². The highest BCUT2D eigenvalue weighted by molar-refractivity contribution is 5.95. The molecule has 1 heterocycles.